The lowest BCUT2D eigenvalue weighted by molar-refractivity contribution is -0.121. The van der Waals surface area contributed by atoms with E-state index in [-0.39, 0.29) is 17.4 Å². The van der Waals surface area contributed by atoms with Crippen LogP contribution in [-0.2, 0) is 4.79 Å². The van der Waals surface area contributed by atoms with Crippen LogP contribution in [0.3, 0.4) is 0 Å². The lowest BCUT2D eigenvalue weighted by Gasteiger charge is -2.28. The zero-order valence-corrected chi connectivity index (χ0v) is 11.0. The van der Waals surface area contributed by atoms with Crippen molar-refractivity contribution in [3.8, 4) is 0 Å². The molecule has 0 bridgehead atoms. The predicted molar refractivity (Wildman–Crippen MR) is 64.8 cm³/mol. The lowest BCUT2D eigenvalue weighted by atomic mass is 9.88. The SMILES string of the molecule is CC(C)NC(=O)CCNC(C)C(C)(C)C. The van der Waals surface area contributed by atoms with Crippen molar-refractivity contribution in [2.45, 2.75) is 60.0 Å². The van der Waals surface area contributed by atoms with Gasteiger partial charge >= 0.3 is 0 Å². The zero-order chi connectivity index (χ0) is 12.1. The number of amides is 1. The summed E-state index contributed by atoms with van der Waals surface area (Å²) in [5.74, 6) is 0.124. The molecule has 0 spiro atoms. The predicted octanol–water partition coefficient (Wildman–Crippen LogP) is 1.93. The van der Waals surface area contributed by atoms with Gasteiger partial charge in [0.05, 0.1) is 0 Å². The highest BCUT2D eigenvalue weighted by Crippen LogP contribution is 2.18. The van der Waals surface area contributed by atoms with Crippen LogP contribution in [0.1, 0.15) is 48.0 Å². The average Bonchev–Trinajstić information content (AvgIpc) is 2.00. The summed E-state index contributed by atoms with van der Waals surface area (Å²) in [4.78, 5) is 11.3. The largest absolute Gasteiger partial charge is 0.354 e. The quantitative estimate of drug-likeness (QED) is 0.734. The van der Waals surface area contributed by atoms with Crippen molar-refractivity contribution < 1.29 is 4.79 Å². The van der Waals surface area contributed by atoms with Gasteiger partial charge in [0, 0.05) is 25.0 Å². The summed E-state index contributed by atoms with van der Waals surface area (Å²) in [6.07, 6.45) is 0.554. The minimum absolute atomic E-state index is 0.124. The first-order valence-corrected chi connectivity index (χ1v) is 5.76. The highest BCUT2D eigenvalue weighted by Gasteiger charge is 2.19. The van der Waals surface area contributed by atoms with Crippen LogP contribution in [0, 0.1) is 5.41 Å². The van der Waals surface area contributed by atoms with E-state index in [0.29, 0.717) is 12.5 Å². The molecule has 0 saturated carbocycles. The molecule has 0 saturated heterocycles. The fraction of sp³-hybridized carbons (Fsp3) is 0.917. The normalized spacial score (nSPS) is 14.1. The van der Waals surface area contributed by atoms with Gasteiger partial charge in [-0.3, -0.25) is 4.79 Å². The van der Waals surface area contributed by atoms with E-state index in [1.165, 1.54) is 0 Å². The summed E-state index contributed by atoms with van der Waals surface area (Å²) < 4.78 is 0. The molecular formula is C12H26N2O. The Bertz CT molecular complexity index is 194. The third-order valence-electron chi connectivity index (χ3n) is 2.55. The number of carbonyl (C=O) groups excluding carboxylic acids is 1. The van der Waals surface area contributed by atoms with E-state index in [4.69, 9.17) is 0 Å². The molecule has 1 atom stereocenters. The van der Waals surface area contributed by atoms with Gasteiger partial charge in [-0.2, -0.15) is 0 Å². The number of carbonyl (C=O) groups is 1. The second-order valence-electron chi connectivity index (χ2n) is 5.51. The maximum absolute atomic E-state index is 11.3. The average molecular weight is 214 g/mol. The molecule has 0 radical (unpaired) electrons. The molecule has 0 fully saturated rings. The van der Waals surface area contributed by atoms with Crippen molar-refractivity contribution in [1.29, 1.82) is 0 Å². The Labute approximate surface area is 94.0 Å². The summed E-state index contributed by atoms with van der Waals surface area (Å²) in [5, 5.41) is 6.24. The zero-order valence-electron chi connectivity index (χ0n) is 11.0. The summed E-state index contributed by atoms with van der Waals surface area (Å²) in [7, 11) is 0. The first-order chi connectivity index (χ1) is 6.73. The van der Waals surface area contributed by atoms with Gasteiger partial charge < -0.3 is 10.6 Å². The van der Waals surface area contributed by atoms with Crippen LogP contribution in [0.5, 0.6) is 0 Å². The Morgan fingerprint density at radius 2 is 1.73 bits per heavy atom. The standard InChI is InChI=1S/C12H26N2O/c1-9(2)14-11(15)7-8-13-10(3)12(4,5)6/h9-10,13H,7-8H2,1-6H3,(H,14,15). The van der Waals surface area contributed by atoms with E-state index < -0.39 is 0 Å². The van der Waals surface area contributed by atoms with Crippen molar-refractivity contribution in [2.24, 2.45) is 5.41 Å². The first kappa shape index (κ1) is 14.4. The fourth-order valence-corrected chi connectivity index (χ4v) is 1.10. The Morgan fingerprint density at radius 1 is 1.20 bits per heavy atom. The van der Waals surface area contributed by atoms with Gasteiger partial charge in [0.25, 0.3) is 0 Å². The maximum Gasteiger partial charge on any atom is 0.221 e. The van der Waals surface area contributed by atoms with Gasteiger partial charge in [0.1, 0.15) is 0 Å². The molecule has 1 unspecified atom stereocenters. The van der Waals surface area contributed by atoms with Crippen LogP contribution in [0.25, 0.3) is 0 Å². The van der Waals surface area contributed by atoms with Crippen LogP contribution < -0.4 is 10.6 Å². The molecule has 1 amide bonds. The van der Waals surface area contributed by atoms with Crippen LogP contribution in [-0.4, -0.2) is 24.5 Å². The Hall–Kier alpha value is -0.570. The molecule has 0 aromatic heterocycles. The van der Waals surface area contributed by atoms with Crippen molar-refractivity contribution in [2.75, 3.05) is 6.54 Å². The maximum atomic E-state index is 11.3. The van der Waals surface area contributed by atoms with Crippen LogP contribution in [0.4, 0.5) is 0 Å². The summed E-state index contributed by atoms with van der Waals surface area (Å²) in [6.45, 7) is 13.4. The Kier molecular flexibility index (Phi) is 5.88. The fourth-order valence-electron chi connectivity index (χ4n) is 1.10. The number of hydrogen-bond acceptors (Lipinski definition) is 2. The molecule has 15 heavy (non-hydrogen) atoms. The molecule has 0 aromatic carbocycles. The molecule has 0 rings (SSSR count). The Balaban J connectivity index is 3.67. The van der Waals surface area contributed by atoms with E-state index in [2.05, 4.69) is 38.3 Å². The smallest absolute Gasteiger partial charge is 0.221 e. The van der Waals surface area contributed by atoms with Gasteiger partial charge in [-0.15, -0.1) is 0 Å². The topological polar surface area (TPSA) is 41.1 Å². The molecule has 0 heterocycles. The van der Waals surface area contributed by atoms with Gasteiger partial charge in [0.2, 0.25) is 5.91 Å². The molecule has 0 aliphatic heterocycles. The number of rotatable bonds is 5. The van der Waals surface area contributed by atoms with Gasteiger partial charge in [-0.25, -0.2) is 0 Å². The minimum atomic E-state index is 0.124. The van der Waals surface area contributed by atoms with Crippen LogP contribution in [0.15, 0.2) is 0 Å². The van der Waals surface area contributed by atoms with Gasteiger partial charge in [-0.05, 0) is 26.2 Å². The molecule has 0 aliphatic rings. The van der Waals surface area contributed by atoms with E-state index in [0.717, 1.165) is 6.54 Å². The highest BCUT2D eigenvalue weighted by atomic mass is 16.1. The Morgan fingerprint density at radius 3 is 2.13 bits per heavy atom. The third kappa shape index (κ3) is 7.37. The van der Waals surface area contributed by atoms with Crippen LogP contribution in [0.2, 0.25) is 0 Å². The summed E-state index contributed by atoms with van der Waals surface area (Å²) >= 11 is 0. The van der Waals surface area contributed by atoms with Crippen LogP contribution >= 0.6 is 0 Å². The van der Waals surface area contributed by atoms with Crippen molar-refractivity contribution in [1.82, 2.24) is 10.6 Å². The summed E-state index contributed by atoms with van der Waals surface area (Å²) in [5.41, 5.74) is 0.245. The number of nitrogens with one attached hydrogen (secondary N) is 2. The molecular weight excluding hydrogens is 188 g/mol. The molecule has 3 nitrogen and oxygen atoms in total. The third-order valence-corrected chi connectivity index (χ3v) is 2.55. The first-order valence-electron chi connectivity index (χ1n) is 5.76. The molecule has 2 N–H and O–H groups in total. The minimum Gasteiger partial charge on any atom is -0.354 e. The van der Waals surface area contributed by atoms with Crippen molar-refractivity contribution in [3.63, 3.8) is 0 Å². The van der Waals surface area contributed by atoms with Crippen molar-refractivity contribution in [3.05, 3.63) is 0 Å². The highest BCUT2D eigenvalue weighted by molar-refractivity contribution is 5.76. The van der Waals surface area contributed by atoms with E-state index in [9.17, 15) is 4.79 Å². The van der Waals surface area contributed by atoms with Gasteiger partial charge in [-0.1, -0.05) is 20.8 Å². The second kappa shape index (κ2) is 6.11. The molecule has 3 heteroatoms. The number of hydrogen-bond donors (Lipinski definition) is 2. The lowest BCUT2D eigenvalue weighted by Crippen LogP contribution is -2.40. The molecule has 0 aromatic rings. The van der Waals surface area contributed by atoms with E-state index in [1.54, 1.807) is 0 Å². The van der Waals surface area contributed by atoms with Crippen molar-refractivity contribution >= 4 is 5.91 Å². The van der Waals surface area contributed by atoms with E-state index >= 15 is 0 Å². The summed E-state index contributed by atoms with van der Waals surface area (Å²) in [6, 6.07) is 0.655. The van der Waals surface area contributed by atoms with E-state index in [1.807, 2.05) is 13.8 Å². The molecule has 90 valence electrons. The van der Waals surface area contributed by atoms with Gasteiger partial charge in [0.15, 0.2) is 0 Å². The molecule has 0 aliphatic carbocycles. The second-order valence-corrected chi connectivity index (χ2v) is 5.51. The monoisotopic (exact) mass is 214 g/mol.